The van der Waals surface area contributed by atoms with Crippen LogP contribution in [0.2, 0.25) is 0 Å². The topological polar surface area (TPSA) is 101 Å². The van der Waals surface area contributed by atoms with Crippen LogP contribution in [0.15, 0.2) is 24.3 Å². The van der Waals surface area contributed by atoms with E-state index in [4.69, 9.17) is 9.66 Å². The molecule has 1 aromatic rings. The van der Waals surface area contributed by atoms with E-state index in [1.807, 2.05) is 0 Å². The summed E-state index contributed by atoms with van der Waals surface area (Å²) < 4.78 is 33.5. The van der Waals surface area contributed by atoms with Crippen molar-refractivity contribution in [2.45, 2.75) is 13.3 Å². The molecule has 94 valence electrons. The number of aliphatic carboxylic acids is 1. The number of benzene rings is 1. The van der Waals surface area contributed by atoms with Crippen LogP contribution in [0.5, 0.6) is 5.75 Å². The van der Waals surface area contributed by atoms with Gasteiger partial charge in [0.25, 0.3) is 0 Å². The van der Waals surface area contributed by atoms with E-state index >= 15 is 0 Å². The van der Waals surface area contributed by atoms with Crippen molar-refractivity contribution in [2.75, 3.05) is 0 Å². The molecule has 0 heterocycles. The van der Waals surface area contributed by atoms with Crippen molar-refractivity contribution in [3.8, 4) is 5.75 Å². The lowest BCUT2D eigenvalue weighted by molar-refractivity contribution is -0.141. The Morgan fingerprint density at radius 3 is 2.29 bits per heavy atom. The molecule has 0 bridgehead atoms. The lowest BCUT2D eigenvalue weighted by Gasteiger charge is -2.07. The van der Waals surface area contributed by atoms with E-state index in [1.165, 1.54) is 12.1 Å². The molecule has 0 aliphatic rings. The second-order valence-electron chi connectivity index (χ2n) is 3.60. The number of rotatable bonds is 5. The Kier molecular flexibility index (Phi) is 4.08. The van der Waals surface area contributed by atoms with Gasteiger partial charge in [0.15, 0.2) is 0 Å². The van der Waals surface area contributed by atoms with Crippen LogP contribution < -0.4 is 4.18 Å². The molecule has 0 saturated carbocycles. The van der Waals surface area contributed by atoms with Gasteiger partial charge in [0.05, 0.1) is 5.92 Å². The minimum absolute atomic E-state index is 0.0285. The third-order valence-corrected chi connectivity index (χ3v) is 2.49. The van der Waals surface area contributed by atoms with E-state index in [0.29, 0.717) is 6.42 Å². The number of carboxylic acid groups (broad SMARTS) is 1. The maximum absolute atomic E-state index is 10.6. The van der Waals surface area contributed by atoms with Gasteiger partial charge in [-0.25, -0.2) is 0 Å². The summed E-state index contributed by atoms with van der Waals surface area (Å²) in [6.45, 7) is 1.57. The highest BCUT2D eigenvalue weighted by Crippen LogP contribution is 2.16. The highest BCUT2D eigenvalue weighted by molar-refractivity contribution is 7.81. The molecule has 0 saturated heterocycles. The van der Waals surface area contributed by atoms with E-state index in [0.717, 1.165) is 5.56 Å². The van der Waals surface area contributed by atoms with E-state index in [9.17, 15) is 13.2 Å². The van der Waals surface area contributed by atoms with Gasteiger partial charge in [0, 0.05) is 0 Å². The minimum atomic E-state index is -4.52. The maximum atomic E-state index is 10.6. The number of carbonyl (C=O) groups is 1. The average molecular weight is 260 g/mol. The molecule has 0 aliphatic heterocycles. The second kappa shape index (κ2) is 5.15. The summed E-state index contributed by atoms with van der Waals surface area (Å²) in [5.41, 5.74) is 0.739. The minimum Gasteiger partial charge on any atom is -0.481 e. The third kappa shape index (κ3) is 4.83. The van der Waals surface area contributed by atoms with Gasteiger partial charge >= 0.3 is 16.4 Å². The van der Waals surface area contributed by atoms with Crippen LogP contribution in [0.1, 0.15) is 12.5 Å². The number of hydrogen-bond donors (Lipinski definition) is 2. The second-order valence-corrected chi connectivity index (χ2v) is 4.62. The van der Waals surface area contributed by atoms with Crippen molar-refractivity contribution < 1.29 is 27.1 Å². The fraction of sp³-hybridized carbons (Fsp3) is 0.300. The molecule has 1 rings (SSSR count). The van der Waals surface area contributed by atoms with Crippen LogP contribution in [0.3, 0.4) is 0 Å². The predicted molar refractivity (Wildman–Crippen MR) is 59.1 cm³/mol. The van der Waals surface area contributed by atoms with Crippen LogP contribution in [0, 0.1) is 5.92 Å². The van der Waals surface area contributed by atoms with Gasteiger partial charge in [-0.2, -0.15) is 8.42 Å². The molecule has 0 fully saturated rings. The average Bonchev–Trinajstić information content (AvgIpc) is 2.18. The van der Waals surface area contributed by atoms with Crippen molar-refractivity contribution in [3.63, 3.8) is 0 Å². The Morgan fingerprint density at radius 2 is 1.88 bits per heavy atom. The molecule has 0 amide bonds. The van der Waals surface area contributed by atoms with Gasteiger partial charge < -0.3 is 9.29 Å². The van der Waals surface area contributed by atoms with Gasteiger partial charge in [-0.3, -0.25) is 9.35 Å². The highest BCUT2D eigenvalue weighted by Gasteiger charge is 2.12. The van der Waals surface area contributed by atoms with Gasteiger partial charge in [-0.1, -0.05) is 19.1 Å². The molecule has 6 nitrogen and oxygen atoms in total. The first-order valence-corrected chi connectivity index (χ1v) is 6.13. The van der Waals surface area contributed by atoms with E-state index in [-0.39, 0.29) is 5.75 Å². The summed E-state index contributed by atoms with van der Waals surface area (Å²) in [6.07, 6.45) is 0.335. The molecule has 0 spiro atoms. The molecular weight excluding hydrogens is 248 g/mol. The van der Waals surface area contributed by atoms with Crippen LogP contribution in [-0.4, -0.2) is 24.0 Å². The molecule has 0 radical (unpaired) electrons. The summed E-state index contributed by atoms with van der Waals surface area (Å²) in [6, 6.07) is 5.77. The molecule has 0 aromatic heterocycles. The fourth-order valence-corrected chi connectivity index (χ4v) is 1.60. The van der Waals surface area contributed by atoms with E-state index < -0.39 is 22.3 Å². The summed E-state index contributed by atoms with van der Waals surface area (Å²) in [7, 11) is -4.52. The molecule has 2 N–H and O–H groups in total. The summed E-state index contributed by atoms with van der Waals surface area (Å²) in [5, 5.41) is 8.71. The summed E-state index contributed by atoms with van der Waals surface area (Å²) >= 11 is 0. The normalized spacial score (nSPS) is 13.1. The number of hydrogen-bond acceptors (Lipinski definition) is 4. The lowest BCUT2D eigenvalue weighted by Crippen LogP contribution is -2.12. The predicted octanol–water partition coefficient (Wildman–Crippen LogP) is 1.13. The first-order valence-electron chi connectivity index (χ1n) is 4.76. The van der Waals surface area contributed by atoms with Crippen molar-refractivity contribution in [1.82, 2.24) is 0 Å². The van der Waals surface area contributed by atoms with Gasteiger partial charge in [0.1, 0.15) is 5.75 Å². The fourth-order valence-electron chi connectivity index (χ4n) is 1.24. The smallest absolute Gasteiger partial charge is 0.446 e. The highest BCUT2D eigenvalue weighted by atomic mass is 32.3. The van der Waals surface area contributed by atoms with Gasteiger partial charge in [0.2, 0.25) is 0 Å². The standard InChI is InChI=1S/C10H12O6S/c1-7(10(11)12)6-8-2-4-9(5-3-8)16-17(13,14)15/h2-5,7H,6H2,1H3,(H,11,12)(H,13,14,15)/t7-/m0/s1. The largest absolute Gasteiger partial charge is 0.481 e. The molecule has 0 aliphatic carbocycles. The van der Waals surface area contributed by atoms with Crippen LogP contribution in [0.4, 0.5) is 0 Å². The third-order valence-electron chi connectivity index (χ3n) is 2.09. The Bertz CT molecular complexity index is 490. The Hall–Kier alpha value is -1.60. The quantitative estimate of drug-likeness (QED) is 0.770. The van der Waals surface area contributed by atoms with Crippen molar-refractivity contribution in [2.24, 2.45) is 5.92 Å². The first-order chi connectivity index (χ1) is 7.78. The molecule has 7 heteroatoms. The maximum Gasteiger partial charge on any atom is 0.446 e. The summed E-state index contributed by atoms with van der Waals surface area (Å²) in [5.74, 6) is -1.45. The zero-order valence-electron chi connectivity index (χ0n) is 9.03. The Morgan fingerprint density at radius 1 is 1.35 bits per heavy atom. The molecule has 1 atom stereocenters. The van der Waals surface area contributed by atoms with E-state index in [1.54, 1.807) is 19.1 Å². The monoisotopic (exact) mass is 260 g/mol. The van der Waals surface area contributed by atoms with Crippen molar-refractivity contribution in [3.05, 3.63) is 29.8 Å². The molecule has 0 unspecified atom stereocenters. The molecular formula is C10H12O6S. The molecule has 17 heavy (non-hydrogen) atoms. The van der Waals surface area contributed by atoms with Crippen LogP contribution in [-0.2, 0) is 21.6 Å². The van der Waals surface area contributed by atoms with E-state index in [2.05, 4.69) is 4.18 Å². The van der Waals surface area contributed by atoms with Crippen LogP contribution in [0.25, 0.3) is 0 Å². The number of carboxylic acids is 1. The molecule has 1 aromatic carbocycles. The van der Waals surface area contributed by atoms with Crippen LogP contribution >= 0.6 is 0 Å². The Labute approximate surface area is 98.8 Å². The SMILES string of the molecule is C[C@@H](Cc1ccc(OS(=O)(=O)O)cc1)C(=O)O. The van der Waals surface area contributed by atoms with Crippen molar-refractivity contribution >= 4 is 16.4 Å². The van der Waals surface area contributed by atoms with Gasteiger partial charge in [-0.15, -0.1) is 0 Å². The Balaban J connectivity index is 2.72. The first kappa shape index (κ1) is 13.5. The zero-order valence-corrected chi connectivity index (χ0v) is 9.85. The zero-order chi connectivity index (χ0) is 13.1. The lowest BCUT2D eigenvalue weighted by atomic mass is 10.0. The summed E-state index contributed by atoms with van der Waals surface area (Å²) in [4.78, 5) is 10.6. The van der Waals surface area contributed by atoms with Crippen molar-refractivity contribution in [1.29, 1.82) is 0 Å². The van der Waals surface area contributed by atoms with Gasteiger partial charge in [-0.05, 0) is 24.1 Å².